The molecule has 4 aromatic rings. The van der Waals surface area contributed by atoms with Crippen LogP contribution in [0.25, 0.3) is 11.0 Å². The van der Waals surface area contributed by atoms with Crippen LogP contribution in [0, 0.1) is 0 Å². The minimum Gasteiger partial charge on any atom is -0.489 e. The highest BCUT2D eigenvalue weighted by Gasteiger charge is 2.37. The van der Waals surface area contributed by atoms with E-state index in [-0.39, 0.29) is 6.04 Å². The number of aromatic nitrogens is 4. The van der Waals surface area contributed by atoms with E-state index in [0.29, 0.717) is 55.9 Å². The fraction of sp³-hybridized carbons (Fsp3) is 0.438. The molecule has 5 heterocycles. The Bertz CT molecular complexity index is 1820. The fourth-order valence-electron chi connectivity index (χ4n) is 6.91. The van der Waals surface area contributed by atoms with E-state index in [4.69, 9.17) is 21.3 Å². The first-order valence-electron chi connectivity index (χ1n) is 15.7. The van der Waals surface area contributed by atoms with Crippen LogP contribution < -0.4 is 25.6 Å². The summed E-state index contributed by atoms with van der Waals surface area (Å²) in [5.41, 5.74) is 3.62. The number of rotatable bonds is 7. The summed E-state index contributed by atoms with van der Waals surface area (Å²) in [4.78, 5) is 25.7. The van der Waals surface area contributed by atoms with E-state index in [2.05, 4.69) is 63.1 Å². The molecule has 46 heavy (non-hydrogen) atoms. The van der Waals surface area contributed by atoms with Crippen LogP contribution in [-0.4, -0.2) is 101 Å². The molecule has 242 valence electrons. The summed E-state index contributed by atoms with van der Waals surface area (Å²) in [6.07, 6.45) is 7.38. The van der Waals surface area contributed by atoms with Gasteiger partial charge in [-0.05, 0) is 79.9 Å². The molecule has 0 saturated carbocycles. The quantitative estimate of drug-likeness (QED) is 0.221. The van der Waals surface area contributed by atoms with Gasteiger partial charge in [-0.15, -0.1) is 0 Å². The van der Waals surface area contributed by atoms with Crippen molar-refractivity contribution >= 4 is 79.8 Å². The van der Waals surface area contributed by atoms with Gasteiger partial charge in [-0.3, -0.25) is 14.9 Å². The lowest BCUT2D eigenvalue weighted by Crippen LogP contribution is -2.60. The summed E-state index contributed by atoms with van der Waals surface area (Å²) in [6, 6.07) is 8.51. The van der Waals surface area contributed by atoms with Crippen LogP contribution in [0.3, 0.4) is 0 Å². The molecule has 0 unspecified atom stereocenters. The number of anilines is 5. The largest absolute Gasteiger partial charge is 0.489 e. The lowest BCUT2D eigenvalue weighted by atomic mass is 9.99. The highest BCUT2D eigenvalue weighted by atomic mass is 79.9. The molecule has 7 rings (SSSR count). The number of fused-ring (bicyclic) bond motifs is 4. The summed E-state index contributed by atoms with van der Waals surface area (Å²) in [5, 5.41) is 7.90. The molecular weight excluding hydrogens is 689 g/mol. The van der Waals surface area contributed by atoms with Crippen LogP contribution in [0.4, 0.5) is 28.8 Å². The highest BCUT2D eigenvalue weighted by molar-refractivity contribution is 9.10. The number of hydrogen-bond acceptors (Lipinski definition) is 11. The molecule has 2 N–H and O–H groups in total. The first-order valence-corrected chi connectivity index (χ1v) is 19.5. The molecule has 1 atom stereocenters. The maximum atomic E-state index is 13.4. The third-order valence-corrected chi connectivity index (χ3v) is 11.6. The molecule has 0 bridgehead atoms. The minimum absolute atomic E-state index is 0.276. The third kappa shape index (κ3) is 6.30. The monoisotopic (exact) mass is 725 g/mol. The van der Waals surface area contributed by atoms with Crippen LogP contribution in [-0.2, 0) is 4.57 Å². The number of nitrogens with one attached hydrogen (secondary N) is 2. The van der Waals surface area contributed by atoms with Gasteiger partial charge in [-0.2, -0.15) is 4.98 Å². The number of piperidine rings is 1. The number of hydrogen-bond donors (Lipinski definition) is 2. The lowest BCUT2D eigenvalue weighted by Gasteiger charge is -2.49. The number of piperazine rings is 1. The van der Waals surface area contributed by atoms with Crippen molar-refractivity contribution in [2.45, 2.75) is 31.8 Å². The standard InChI is InChI=1S/C32H38BrClN9O2P/c1-4-41-11-7-21(8-12-41)42-13-14-43-22(18-42)19-45-27-16-20(15-24(34)29(27)43)38-32-37-17-23(33)31(40-32)39-26-6-5-25-28(36-10-9-35-25)30(26)46(2,3)44/h5-6,9-10,15-17,21-22H,4,7-8,11-14,18-19H2,1-3H3,(H2,37,38,39,40)/t22-/m1/s1. The molecule has 2 aromatic heterocycles. The Hall–Kier alpha value is -3.02. The Balaban J connectivity index is 1.09. The van der Waals surface area contributed by atoms with Crippen molar-refractivity contribution in [2.24, 2.45) is 0 Å². The first-order chi connectivity index (χ1) is 22.2. The number of nitrogens with zero attached hydrogens (tertiary/aromatic N) is 7. The molecule has 2 saturated heterocycles. The zero-order chi connectivity index (χ0) is 32.0. The van der Waals surface area contributed by atoms with Crippen molar-refractivity contribution in [1.82, 2.24) is 29.7 Å². The van der Waals surface area contributed by atoms with Crippen molar-refractivity contribution in [3.05, 3.63) is 52.4 Å². The summed E-state index contributed by atoms with van der Waals surface area (Å²) >= 11 is 10.5. The summed E-state index contributed by atoms with van der Waals surface area (Å²) < 4.78 is 20.4. The Labute approximate surface area is 282 Å². The predicted octanol–water partition coefficient (Wildman–Crippen LogP) is 5.94. The zero-order valence-electron chi connectivity index (χ0n) is 26.2. The van der Waals surface area contributed by atoms with Crippen LogP contribution in [0.2, 0.25) is 5.02 Å². The molecule has 3 aliphatic heterocycles. The van der Waals surface area contributed by atoms with E-state index in [1.165, 1.54) is 25.9 Å². The molecule has 0 aliphatic carbocycles. The predicted molar refractivity (Wildman–Crippen MR) is 190 cm³/mol. The van der Waals surface area contributed by atoms with Crippen molar-refractivity contribution in [3.8, 4) is 5.75 Å². The molecule has 2 fully saturated rings. The van der Waals surface area contributed by atoms with Crippen molar-refractivity contribution < 1.29 is 9.30 Å². The topological polar surface area (TPSA) is 112 Å². The Kier molecular flexibility index (Phi) is 8.84. The maximum absolute atomic E-state index is 13.4. The number of likely N-dealkylation sites (tertiary alicyclic amines) is 1. The van der Waals surface area contributed by atoms with Crippen LogP contribution in [0.5, 0.6) is 5.75 Å². The number of benzene rings is 2. The molecule has 0 spiro atoms. The van der Waals surface area contributed by atoms with E-state index < -0.39 is 7.14 Å². The van der Waals surface area contributed by atoms with E-state index in [1.54, 1.807) is 31.9 Å². The van der Waals surface area contributed by atoms with Gasteiger partial charge in [0.15, 0.2) is 0 Å². The molecule has 3 aliphatic rings. The Morgan fingerprint density at radius 2 is 1.85 bits per heavy atom. The fourth-order valence-corrected chi connectivity index (χ4v) is 8.91. The molecular formula is C32H38BrClN9O2P. The van der Waals surface area contributed by atoms with Crippen LogP contribution >= 0.6 is 34.7 Å². The van der Waals surface area contributed by atoms with E-state index in [1.807, 2.05) is 24.3 Å². The molecule has 11 nitrogen and oxygen atoms in total. The van der Waals surface area contributed by atoms with Crippen LogP contribution in [0.15, 0.2) is 47.3 Å². The van der Waals surface area contributed by atoms with Gasteiger partial charge in [0.2, 0.25) is 5.95 Å². The normalized spacial score (nSPS) is 19.4. The van der Waals surface area contributed by atoms with E-state index >= 15 is 0 Å². The highest BCUT2D eigenvalue weighted by Crippen LogP contribution is 2.44. The molecule has 0 amide bonds. The average Bonchev–Trinajstić information content (AvgIpc) is 3.05. The van der Waals surface area contributed by atoms with E-state index in [0.717, 1.165) is 43.3 Å². The lowest BCUT2D eigenvalue weighted by molar-refractivity contribution is 0.0810. The van der Waals surface area contributed by atoms with Gasteiger partial charge in [0.25, 0.3) is 0 Å². The minimum atomic E-state index is -2.74. The summed E-state index contributed by atoms with van der Waals surface area (Å²) in [7, 11) is -2.74. The van der Waals surface area contributed by atoms with Gasteiger partial charge in [0.05, 0.1) is 37.7 Å². The average molecular weight is 727 g/mol. The zero-order valence-corrected chi connectivity index (χ0v) is 29.4. The molecule has 0 radical (unpaired) electrons. The van der Waals surface area contributed by atoms with Crippen molar-refractivity contribution in [1.29, 1.82) is 0 Å². The maximum Gasteiger partial charge on any atom is 0.229 e. The third-order valence-electron chi connectivity index (χ3n) is 9.19. The van der Waals surface area contributed by atoms with E-state index in [9.17, 15) is 4.57 Å². The SMILES string of the molecule is CCN1CCC(N2CCN3c4c(Cl)cc(Nc5ncc(Br)c(Nc6ccc7nccnc7c6P(C)(C)=O)n5)cc4OC[C@H]3C2)CC1. The van der Waals surface area contributed by atoms with Gasteiger partial charge in [-0.25, -0.2) is 4.98 Å². The summed E-state index contributed by atoms with van der Waals surface area (Å²) in [6.45, 7) is 12.8. The van der Waals surface area contributed by atoms with Gasteiger partial charge < -0.3 is 29.7 Å². The number of halogens is 2. The Morgan fingerprint density at radius 1 is 1.04 bits per heavy atom. The van der Waals surface area contributed by atoms with Gasteiger partial charge >= 0.3 is 0 Å². The summed E-state index contributed by atoms with van der Waals surface area (Å²) in [5.74, 6) is 1.64. The van der Waals surface area contributed by atoms with Crippen molar-refractivity contribution in [3.63, 3.8) is 0 Å². The number of ether oxygens (including phenoxy) is 1. The van der Waals surface area contributed by atoms with Crippen LogP contribution in [0.1, 0.15) is 19.8 Å². The smallest absolute Gasteiger partial charge is 0.229 e. The first kappa shape index (κ1) is 31.6. The molecule has 2 aromatic carbocycles. The van der Waals surface area contributed by atoms with Gasteiger partial charge in [-0.1, -0.05) is 18.5 Å². The van der Waals surface area contributed by atoms with Gasteiger partial charge in [0, 0.05) is 56.0 Å². The second-order valence-corrected chi connectivity index (χ2v) is 16.9. The Morgan fingerprint density at radius 3 is 2.63 bits per heavy atom. The van der Waals surface area contributed by atoms with Gasteiger partial charge in [0.1, 0.15) is 30.8 Å². The molecule has 14 heteroatoms. The second kappa shape index (κ2) is 12.9. The van der Waals surface area contributed by atoms with Crippen molar-refractivity contribution in [2.75, 3.05) is 74.7 Å². The second-order valence-electron chi connectivity index (χ2n) is 12.5.